The van der Waals surface area contributed by atoms with Crippen molar-refractivity contribution in [2.75, 3.05) is 6.54 Å². The molecule has 0 saturated carbocycles. The number of rotatable bonds is 3. The molecule has 1 aliphatic rings. The lowest BCUT2D eigenvalue weighted by Crippen LogP contribution is -2.48. The van der Waals surface area contributed by atoms with Gasteiger partial charge in [-0.1, -0.05) is 13.8 Å². The van der Waals surface area contributed by atoms with Gasteiger partial charge in [-0.3, -0.25) is 9.59 Å². The Labute approximate surface area is 122 Å². The minimum absolute atomic E-state index is 0.0853. The van der Waals surface area contributed by atoms with Crippen LogP contribution in [-0.2, 0) is 4.79 Å². The van der Waals surface area contributed by atoms with E-state index in [4.69, 9.17) is 0 Å². The summed E-state index contributed by atoms with van der Waals surface area (Å²) in [7, 11) is 0. The number of carboxylic acid groups (broad SMARTS) is 1. The maximum atomic E-state index is 12.6. The van der Waals surface area contributed by atoms with Gasteiger partial charge in [-0.15, -0.1) is 0 Å². The summed E-state index contributed by atoms with van der Waals surface area (Å²) < 4.78 is 0. The molecular formula is C15H20N2O4. The number of amides is 1. The highest BCUT2D eigenvalue weighted by atomic mass is 16.4. The number of nitrogens with one attached hydrogen (secondary N) is 1. The van der Waals surface area contributed by atoms with Gasteiger partial charge in [0.1, 0.15) is 6.04 Å². The smallest absolute Gasteiger partial charge is 0.326 e. The molecule has 2 rings (SSSR count). The Hall–Kier alpha value is -2.11. The topological polar surface area (TPSA) is 90.5 Å². The van der Waals surface area contributed by atoms with Gasteiger partial charge in [-0.2, -0.15) is 0 Å². The van der Waals surface area contributed by atoms with E-state index < -0.39 is 12.0 Å². The van der Waals surface area contributed by atoms with Gasteiger partial charge in [0.25, 0.3) is 5.91 Å². The highest BCUT2D eigenvalue weighted by Crippen LogP contribution is 2.20. The molecule has 0 aliphatic carbocycles. The van der Waals surface area contributed by atoms with Crippen molar-refractivity contribution in [3.63, 3.8) is 0 Å². The van der Waals surface area contributed by atoms with Gasteiger partial charge in [0.05, 0.1) is 0 Å². The summed E-state index contributed by atoms with van der Waals surface area (Å²) in [6, 6.07) is 2.08. The van der Waals surface area contributed by atoms with Crippen LogP contribution in [0.5, 0.6) is 0 Å². The highest BCUT2D eigenvalue weighted by molar-refractivity contribution is 5.96. The van der Waals surface area contributed by atoms with Crippen LogP contribution in [0, 0.1) is 0 Å². The Balaban J connectivity index is 2.34. The van der Waals surface area contributed by atoms with Crippen LogP contribution < -0.4 is 5.56 Å². The van der Waals surface area contributed by atoms with Crippen LogP contribution in [0.25, 0.3) is 0 Å². The number of likely N-dealkylation sites (tertiary alicyclic amines) is 1. The molecule has 2 heterocycles. The first-order valence-electron chi connectivity index (χ1n) is 7.18. The number of aliphatic carboxylic acids is 1. The van der Waals surface area contributed by atoms with E-state index in [1.165, 1.54) is 11.0 Å². The quantitative estimate of drug-likeness (QED) is 0.885. The van der Waals surface area contributed by atoms with Crippen LogP contribution in [0.4, 0.5) is 0 Å². The van der Waals surface area contributed by atoms with Crippen molar-refractivity contribution in [3.8, 4) is 0 Å². The third kappa shape index (κ3) is 3.32. The first kappa shape index (κ1) is 15.3. The van der Waals surface area contributed by atoms with Gasteiger partial charge >= 0.3 is 5.97 Å². The Bertz CT molecular complexity index is 606. The standard InChI is InChI=1S/C15H20N2O4/c1-9(2)11-7-10(8-13(18)16-11)14(19)17-6-4-3-5-12(17)15(20)21/h7-9,12H,3-6H2,1-2H3,(H,16,18)(H,20,21). The molecule has 1 unspecified atom stereocenters. The number of carbonyl (C=O) groups is 2. The summed E-state index contributed by atoms with van der Waals surface area (Å²) in [6.45, 7) is 4.25. The number of piperidine rings is 1. The molecule has 1 aromatic heterocycles. The average molecular weight is 292 g/mol. The predicted molar refractivity (Wildman–Crippen MR) is 77.5 cm³/mol. The van der Waals surface area contributed by atoms with Crippen molar-refractivity contribution in [1.29, 1.82) is 0 Å². The van der Waals surface area contributed by atoms with E-state index in [0.29, 0.717) is 18.7 Å². The van der Waals surface area contributed by atoms with Gasteiger partial charge in [0, 0.05) is 23.9 Å². The van der Waals surface area contributed by atoms with Crippen LogP contribution in [0.3, 0.4) is 0 Å². The number of pyridine rings is 1. The van der Waals surface area contributed by atoms with E-state index >= 15 is 0 Å². The molecule has 0 bridgehead atoms. The maximum absolute atomic E-state index is 12.6. The van der Waals surface area contributed by atoms with Crippen LogP contribution in [-0.4, -0.2) is 39.5 Å². The summed E-state index contributed by atoms with van der Waals surface area (Å²) in [5.41, 5.74) is 0.596. The molecule has 1 fully saturated rings. The van der Waals surface area contributed by atoms with Crippen molar-refractivity contribution < 1.29 is 14.7 Å². The maximum Gasteiger partial charge on any atom is 0.326 e. The lowest BCUT2D eigenvalue weighted by Gasteiger charge is -2.33. The molecule has 0 radical (unpaired) electrons. The second-order valence-corrected chi connectivity index (χ2v) is 5.69. The average Bonchev–Trinajstić information content (AvgIpc) is 2.45. The number of H-pyrrole nitrogens is 1. The molecule has 0 aromatic carbocycles. The second-order valence-electron chi connectivity index (χ2n) is 5.69. The molecule has 21 heavy (non-hydrogen) atoms. The van der Waals surface area contributed by atoms with Crippen LogP contribution in [0.2, 0.25) is 0 Å². The van der Waals surface area contributed by atoms with E-state index in [-0.39, 0.29) is 22.9 Å². The third-order valence-corrected chi connectivity index (χ3v) is 3.78. The molecule has 114 valence electrons. The van der Waals surface area contributed by atoms with E-state index in [9.17, 15) is 19.5 Å². The minimum Gasteiger partial charge on any atom is -0.480 e. The number of hydrogen-bond donors (Lipinski definition) is 2. The van der Waals surface area contributed by atoms with Crippen molar-refractivity contribution in [1.82, 2.24) is 9.88 Å². The Kier molecular flexibility index (Phi) is 4.45. The van der Waals surface area contributed by atoms with Gasteiger partial charge in [0.2, 0.25) is 5.56 Å². The molecule has 1 aliphatic heterocycles. The van der Waals surface area contributed by atoms with E-state index in [1.54, 1.807) is 6.07 Å². The molecular weight excluding hydrogens is 272 g/mol. The van der Waals surface area contributed by atoms with Crippen molar-refractivity contribution >= 4 is 11.9 Å². The number of nitrogens with zero attached hydrogens (tertiary/aromatic N) is 1. The number of carboxylic acids is 1. The van der Waals surface area contributed by atoms with Gasteiger partial charge in [0.15, 0.2) is 0 Å². The predicted octanol–water partition coefficient (Wildman–Crippen LogP) is 1.58. The Morgan fingerprint density at radius 3 is 2.67 bits per heavy atom. The minimum atomic E-state index is -0.989. The summed E-state index contributed by atoms with van der Waals surface area (Å²) >= 11 is 0. The number of aromatic nitrogens is 1. The number of aromatic amines is 1. The fourth-order valence-electron chi connectivity index (χ4n) is 2.60. The molecule has 6 nitrogen and oxygen atoms in total. The lowest BCUT2D eigenvalue weighted by molar-refractivity contribution is -0.143. The summed E-state index contributed by atoms with van der Waals surface area (Å²) in [4.78, 5) is 39.6. The Morgan fingerprint density at radius 1 is 1.33 bits per heavy atom. The van der Waals surface area contributed by atoms with Crippen molar-refractivity contribution in [3.05, 3.63) is 33.7 Å². The zero-order valence-corrected chi connectivity index (χ0v) is 12.3. The highest BCUT2D eigenvalue weighted by Gasteiger charge is 2.32. The first-order valence-corrected chi connectivity index (χ1v) is 7.18. The van der Waals surface area contributed by atoms with Gasteiger partial charge in [-0.05, 0) is 31.2 Å². The largest absolute Gasteiger partial charge is 0.480 e. The number of carbonyl (C=O) groups excluding carboxylic acids is 1. The SMILES string of the molecule is CC(C)c1cc(C(=O)N2CCCCC2C(=O)O)cc(=O)[nH]1. The molecule has 1 atom stereocenters. The van der Waals surface area contributed by atoms with Gasteiger partial charge in [-0.25, -0.2) is 4.79 Å². The third-order valence-electron chi connectivity index (χ3n) is 3.78. The fourth-order valence-corrected chi connectivity index (χ4v) is 2.60. The summed E-state index contributed by atoms with van der Waals surface area (Å²) in [6.07, 6.45) is 2.05. The van der Waals surface area contributed by atoms with Crippen LogP contribution >= 0.6 is 0 Å². The fraction of sp³-hybridized carbons (Fsp3) is 0.533. The van der Waals surface area contributed by atoms with Crippen LogP contribution in [0.1, 0.15) is 55.1 Å². The molecule has 2 N–H and O–H groups in total. The molecule has 1 aromatic rings. The molecule has 1 saturated heterocycles. The normalized spacial score (nSPS) is 18.8. The van der Waals surface area contributed by atoms with E-state index in [1.807, 2.05) is 13.8 Å². The lowest BCUT2D eigenvalue weighted by atomic mass is 10.0. The second kappa shape index (κ2) is 6.11. The first-order chi connectivity index (χ1) is 9.90. The monoisotopic (exact) mass is 292 g/mol. The number of hydrogen-bond acceptors (Lipinski definition) is 3. The van der Waals surface area contributed by atoms with Crippen molar-refractivity contribution in [2.24, 2.45) is 0 Å². The molecule has 6 heteroatoms. The summed E-state index contributed by atoms with van der Waals surface area (Å²) in [5, 5.41) is 9.24. The zero-order valence-electron chi connectivity index (χ0n) is 12.3. The zero-order chi connectivity index (χ0) is 15.6. The van der Waals surface area contributed by atoms with Crippen LogP contribution in [0.15, 0.2) is 16.9 Å². The van der Waals surface area contributed by atoms with Crippen molar-refractivity contribution in [2.45, 2.75) is 45.1 Å². The van der Waals surface area contributed by atoms with E-state index in [0.717, 1.165) is 12.8 Å². The summed E-state index contributed by atoms with van der Waals surface area (Å²) in [5.74, 6) is -1.28. The van der Waals surface area contributed by atoms with Gasteiger partial charge < -0.3 is 15.0 Å². The molecule has 1 amide bonds. The Morgan fingerprint density at radius 2 is 2.05 bits per heavy atom. The molecule has 0 spiro atoms. The van der Waals surface area contributed by atoms with E-state index in [2.05, 4.69) is 4.98 Å².